The van der Waals surface area contributed by atoms with Crippen molar-refractivity contribution in [3.8, 4) is 0 Å². The van der Waals surface area contributed by atoms with Gasteiger partial charge >= 0.3 is 0 Å². The lowest BCUT2D eigenvalue weighted by Crippen LogP contribution is -2.57. The van der Waals surface area contributed by atoms with Gasteiger partial charge in [-0.05, 0) is 126 Å². The minimum Gasteiger partial charge on any atom is -0.393 e. The van der Waals surface area contributed by atoms with E-state index in [0.29, 0.717) is 30.4 Å². The number of aliphatic hydroxyl groups excluding tert-OH is 3. The van der Waals surface area contributed by atoms with E-state index in [9.17, 15) is 47.6 Å². The highest BCUT2D eigenvalue weighted by Gasteiger charge is 2.45. The average molecular weight is 1000 g/mol. The van der Waals surface area contributed by atoms with Gasteiger partial charge in [-0.15, -0.1) is 0 Å². The summed E-state index contributed by atoms with van der Waals surface area (Å²) in [6, 6.07) is 21.6. The van der Waals surface area contributed by atoms with Crippen LogP contribution in [0.3, 0.4) is 0 Å². The van der Waals surface area contributed by atoms with Gasteiger partial charge in [0.2, 0.25) is 11.8 Å². The maximum atomic E-state index is 13.7. The molecule has 0 bridgehead atoms. The number of rotatable bonds is 17. The summed E-state index contributed by atoms with van der Waals surface area (Å²) >= 11 is 0. The Kier molecular flexibility index (Phi) is 19.6. The van der Waals surface area contributed by atoms with Crippen LogP contribution in [0.2, 0.25) is 0 Å². The summed E-state index contributed by atoms with van der Waals surface area (Å²) in [5.41, 5.74) is 3.81. The Labute approximate surface area is 424 Å². The van der Waals surface area contributed by atoms with Crippen molar-refractivity contribution < 1.29 is 47.6 Å². The van der Waals surface area contributed by atoms with Crippen molar-refractivity contribution in [3.05, 3.63) is 154 Å². The minimum absolute atomic E-state index is 0.000869. The second-order valence-corrected chi connectivity index (χ2v) is 22.5. The molecular formula is C58H78F4N4O6. The number of hydrogen-bond donors (Lipinski definition) is 8. The van der Waals surface area contributed by atoms with Crippen molar-refractivity contribution >= 4 is 11.8 Å². The molecule has 4 aromatic carbocycles. The first-order valence-corrected chi connectivity index (χ1v) is 25.2. The van der Waals surface area contributed by atoms with Crippen molar-refractivity contribution in [3.63, 3.8) is 0 Å². The lowest BCUT2D eigenvalue weighted by molar-refractivity contribution is -0.121. The Morgan fingerprint density at radius 3 is 1.46 bits per heavy atom. The van der Waals surface area contributed by atoms with E-state index in [1.165, 1.54) is 43.7 Å². The summed E-state index contributed by atoms with van der Waals surface area (Å²) < 4.78 is 54.9. The molecular weight excluding hydrogens is 925 g/mol. The summed E-state index contributed by atoms with van der Waals surface area (Å²) in [6.45, 7) is 19.7. The molecule has 7 atom stereocenters. The normalized spacial score (nSPS) is 22.2. The van der Waals surface area contributed by atoms with Crippen LogP contribution in [0.4, 0.5) is 17.6 Å². The molecule has 2 fully saturated rings. The van der Waals surface area contributed by atoms with Crippen molar-refractivity contribution in [1.82, 2.24) is 21.3 Å². The fraction of sp³-hybridized carbons (Fsp3) is 0.517. The molecule has 0 spiro atoms. The number of halogens is 4. The van der Waals surface area contributed by atoms with Crippen LogP contribution in [-0.4, -0.2) is 81.8 Å². The lowest BCUT2D eigenvalue weighted by atomic mass is 9.69. The number of amides is 2. The quantitative estimate of drug-likeness (QED) is 0.0385. The average Bonchev–Trinajstić information content (AvgIpc) is 3.28. The van der Waals surface area contributed by atoms with Crippen LogP contribution in [0.1, 0.15) is 140 Å². The number of benzene rings is 4. The van der Waals surface area contributed by atoms with Crippen LogP contribution >= 0.6 is 0 Å². The Morgan fingerprint density at radius 1 is 0.639 bits per heavy atom. The summed E-state index contributed by atoms with van der Waals surface area (Å²) in [4.78, 5) is 23.7. The molecule has 394 valence electrons. The molecule has 0 heterocycles. The van der Waals surface area contributed by atoms with Crippen LogP contribution < -0.4 is 21.3 Å². The molecule has 3 unspecified atom stereocenters. The van der Waals surface area contributed by atoms with Gasteiger partial charge in [0.05, 0.1) is 36.5 Å². The van der Waals surface area contributed by atoms with Gasteiger partial charge in [-0.25, -0.2) is 17.6 Å². The summed E-state index contributed by atoms with van der Waals surface area (Å²) in [5.74, 6) is -3.52. The minimum atomic E-state index is -1.27. The summed E-state index contributed by atoms with van der Waals surface area (Å²) in [6.07, 6.45) is 3.74. The van der Waals surface area contributed by atoms with E-state index < -0.39 is 58.7 Å². The van der Waals surface area contributed by atoms with Crippen LogP contribution in [0, 0.1) is 23.3 Å². The fourth-order valence-corrected chi connectivity index (χ4v) is 10.3. The number of nitrogens with one attached hydrogen (secondary N) is 4. The third kappa shape index (κ3) is 16.3. The molecule has 10 nitrogen and oxygen atoms in total. The topological polar surface area (TPSA) is 163 Å². The van der Waals surface area contributed by atoms with E-state index in [-0.39, 0.29) is 67.1 Å². The standard InChI is InChI=1S/C29H40F2N2O4.C29H38F2N2O2/c1-19(35)33-25(13-20-11-23(30)15-24(31)12-20)26(36)16-32-29(10-6-9-28(37,17-29)18-34)22-8-5-7-21(14-22)27(2,3)4;1-19-8-7-11-29(17-19,23-10-6-9-22(15-23)28(3,4)5)32-18-27(35)26(33-20(2)34)14-21-12-24(30)16-25(31)13-21/h5,7-8,11-12,14-15,25-26,32,34,36-37H,6,9-10,13,16-18H2,1-4H3,(H,33,35);6,9-10,12-13,15-16,26-27,32,35H,1,7-8,11,14,17-18H2,2-5H3,(H,33,34)/t25-,26+,28?,29?;26-,27+,29?/m00/s1. The Hall–Kier alpha value is -4.96. The number of carbonyl (C=O) groups excluding carboxylic acids is 2. The van der Waals surface area contributed by atoms with Crippen molar-refractivity contribution in [2.24, 2.45) is 0 Å². The Balaban J connectivity index is 0.000000268. The van der Waals surface area contributed by atoms with Gasteiger partial charge in [-0.2, -0.15) is 0 Å². The van der Waals surface area contributed by atoms with Gasteiger partial charge in [0.15, 0.2) is 0 Å². The van der Waals surface area contributed by atoms with Crippen LogP contribution in [-0.2, 0) is 44.3 Å². The zero-order valence-corrected chi connectivity index (χ0v) is 43.4. The zero-order chi connectivity index (χ0) is 53.2. The first-order valence-electron chi connectivity index (χ1n) is 25.2. The van der Waals surface area contributed by atoms with E-state index in [1.807, 2.05) is 12.1 Å². The van der Waals surface area contributed by atoms with E-state index in [4.69, 9.17) is 0 Å². The van der Waals surface area contributed by atoms with Crippen LogP contribution in [0.5, 0.6) is 0 Å². The number of carbonyl (C=O) groups is 2. The van der Waals surface area contributed by atoms with E-state index >= 15 is 0 Å². The SMILES string of the molecule is C=C1CCCC(NC[C@@H](O)[C@H](Cc2cc(F)cc(F)c2)NC(C)=O)(c2cccc(C(C)(C)C)c2)C1.CC(=O)N[C@@H](Cc1cc(F)cc(F)c1)[C@H](O)CNC1(c2cccc(C(C)(C)C)c2)CCCC(O)(CO)C1. The molecule has 2 saturated carbocycles. The molecule has 8 N–H and O–H groups in total. The van der Waals surface area contributed by atoms with Crippen molar-refractivity contribution in [2.75, 3.05) is 19.7 Å². The van der Waals surface area contributed by atoms with Crippen molar-refractivity contribution in [1.29, 1.82) is 0 Å². The number of hydrogen-bond acceptors (Lipinski definition) is 8. The third-order valence-electron chi connectivity index (χ3n) is 14.2. The highest BCUT2D eigenvalue weighted by molar-refractivity contribution is 5.73. The molecule has 0 radical (unpaired) electrons. The highest BCUT2D eigenvalue weighted by Crippen LogP contribution is 2.44. The second-order valence-electron chi connectivity index (χ2n) is 22.5. The predicted octanol–water partition coefficient (Wildman–Crippen LogP) is 8.74. The van der Waals surface area contributed by atoms with Crippen molar-refractivity contribution in [2.45, 2.75) is 171 Å². The largest absolute Gasteiger partial charge is 0.393 e. The van der Waals surface area contributed by atoms with Gasteiger partial charge in [0, 0.05) is 56.6 Å². The molecule has 0 aliphatic heterocycles. The predicted molar refractivity (Wildman–Crippen MR) is 275 cm³/mol. The van der Waals surface area contributed by atoms with E-state index in [1.54, 1.807) is 0 Å². The fourth-order valence-electron chi connectivity index (χ4n) is 10.3. The zero-order valence-electron chi connectivity index (χ0n) is 43.4. The van der Waals surface area contributed by atoms with E-state index in [0.717, 1.165) is 60.1 Å². The molecule has 72 heavy (non-hydrogen) atoms. The van der Waals surface area contributed by atoms with Crippen LogP contribution in [0.25, 0.3) is 0 Å². The second kappa shape index (κ2) is 24.4. The Morgan fingerprint density at radius 2 is 1.06 bits per heavy atom. The first-order chi connectivity index (χ1) is 33.6. The summed E-state index contributed by atoms with van der Waals surface area (Å²) in [5, 5.41) is 55.8. The number of aliphatic hydroxyl groups is 4. The van der Waals surface area contributed by atoms with Gasteiger partial charge in [-0.1, -0.05) is 102 Å². The molecule has 2 aliphatic carbocycles. The molecule has 2 aliphatic rings. The molecule has 14 heteroatoms. The molecule has 2 amide bonds. The lowest BCUT2D eigenvalue weighted by Gasteiger charge is -2.46. The molecule has 0 saturated heterocycles. The molecule has 0 aromatic heterocycles. The summed E-state index contributed by atoms with van der Waals surface area (Å²) in [7, 11) is 0. The third-order valence-corrected chi connectivity index (χ3v) is 14.2. The smallest absolute Gasteiger partial charge is 0.217 e. The Bertz CT molecular complexity index is 2450. The van der Waals surface area contributed by atoms with Gasteiger partial charge < -0.3 is 41.7 Å². The highest BCUT2D eigenvalue weighted by atomic mass is 19.1. The first kappa shape index (κ1) is 57.9. The molecule has 4 aromatic rings. The molecule has 6 rings (SSSR count). The maximum Gasteiger partial charge on any atom is 0.217 e. The van der Waals surface area contributed by atoms with Gasteiger partial charge in [0.1, 0.15) is 23.3 Å². The monoisotopic (exact) mass is 1000 g/mol. The van der Waals surface area contributed by atoms with Crippen LogP contribution in [0.15, 0.2) is 97.1 Å². The maximum absolute atomic E-state index is 13.7. The van der Waals surface area contributed by atoms with Gasteiger partial charge in [-0.3, -0.25) is 9.59 Å². The van der Waals surface area contributed by atoms with E-state index in [2.05, 4.69) is 106 Å². The van der Waals surface area contributed by atoms with Gasteiger partial charge in [0.25, 0.3) is 0 Å².